The lowest BCUT2D eigenvalue weighted by Gasteiger charge is -2.35. The summed E-state index contributed by atoms with van der Waals surface area (Å²) in [5.41, 5.74) is 9.56. The fraction of sp³-hybridized carbons (Fsp3) is 0.259. The zero-order chi connectivity index (χ0) is 24.2. The number of nitrogen functional groups attached to an aromatic ring is 1. The maximum absolute atomic E-state index is 12.8. The molecule has 3 N–H and O–H groups in total. The third-order valence-corrected chi connectivity index (χ3v) is 6.35. The smallest absolute Gasteiger partial charge is 0.255 e. The molecular weight excluding hydrogens is 444 g/mol. The van der Waals surface area contributed by atoms with Crippen molar-refractivity contribution in [3.63, 3.8) is 0 Å². The number of hydrogen-bond donors (Lipinski definition) is 2. The molecule has 1 saturated heterocycles. The molecule has 0 aromatic heterocycles. The predicted molar refractivity (Wildman–Crippen MR) is 133 cm³/mol. The average Bonchev–Trinajstić information content (AvgIpc) is 3.34. The third kappa shape index (κ3) is 5.38. The van der Waals surface area contributed by atoms with Crippen molar-refractivity contribution in [3.8, 4) is 11.5 Å². The highest BCUT2D eigenvalue weighted by Crippen LogP contribution is 2.32. The molecular formula is C27H28N4O4. The number of ether oxygens (including phenoxy) is 2. The van der Waals surface area contributed by atoms with E-state index in [0.29, 0.717) is 36.4 Å². The van der Waals surface area contributed by atoms with E-state index in [2.05, 4.69) is 16.3 Å². The molecule has 1 fully saturated rings. The third-order valence-electron chi connectivity index (χ3n) is 6.35. The van der Waals surface area contributed by atoms with Crippen LogP contribution in [0, 0.1) is 0 Å². The number of piperazine rings is 1. The number of nitrogens with one attached hydrogen (secondary N) is 1. The molecule has 8 nitrogen and oxygen atoms in total. The molecule has 2 heterocycles. The highest BCUT2D eigenvalue weighted by Gasteiger charge is 2.22. The molecule has 35 heavy (non-hydrogen) atoms. The summed E-state index contributed by atoms with van der Waals surface area (Å²) in [5, 5.41) is 2.82. The monoisotopic (exact) mass is 472 g/mol. The molecule has 0 unspecified atom stereocenters. The molecule has 0 atom stereocenters. The summed E-state index contributed by atoms with van der Waals surface area (Å²) in [6, 6.07) is 20.3. The second-order valence-corrected chi connectivity index (χ2v) is 8.76. The van der Waals surface area contributed by atoms with Crippen molar-refractivity contribution in [2.24, 2.45) is 0 Å². The molecule has 3 aromatic rings. The minimum absolute atomic E-state index is 0.0991. The van der Waals surface area contributed by atoms with Gasteiger partial charge >= 0.3 is 0 Å². The first-order valence-corrected chi connectivity index (χ1v) is 11.7. The van der Waals surface area contributed by atoms with Crippen LogP contribution in [0.5, 0.6) is 11.5 Å². The van der Waals surface area contributed by atoms with Crippen molar-refractivity contribution in [2.75, 3.05) is 44.0 Å². The number of rotatable bonds is 6. The summed E-state index contributed by atoms with van der Waals surface area (Å²) in [4.78, 5) is 29.6. The Morgan fingerprint density at radius 2 is 1.57 bits per heavy atom. The van der Waals surface area contributed by atoms with Crippen LogP contribution in [0.1, 0.15) is 21.5 Å². The van der Waals surface area contributed by atoms with E-state index in [9.17, 15) is 9.59 Å². The highest BCUT2D eigenvalue weighted by atomic mass is 16.7. The molecule has 0 radical (unpaired) electrons. The Morgan fingerprint density at radius 1 is 0.857 bits per heavy atom. The Labute approximate surface area is 204 Å². The molecule has 0 saturated carbocycles. The molecule has 5 rings (SSSR count). The van der Waals surface area contributed by atoms with Crippen LogP contribution in [0.4, 0.5) is 11.4 Å². The van der Waals surface area contributed by atoms with E-state index in [1.165, 1.54) is 5.56 Å². The number of nitrogens with two attached hydrogens (primary N) is 1. The molecule has 3 aromatic carbocycles. The number of nitrogens with zero attached hydrogens (tertiary/aromatic N) is 2. The van der Waals surface area contributed by atoms with Crippen molar-refractivity contribution >= 4 is 23.2 Å². The Bertz CT molecular complexity index is 1220. The van der Waals surface area contributed by atoms with Crippen molar-refractivity contribution in [2.45, 2.75) is 13.0 Å². The summed E-state index contributed by atoms with van der Waals surface area (Å²) in [6.45, 7) is 4.13. The number of carbonyl (C=O) groups excluding carboxylic acids is 2. The predicted octanol–water partition coefficient (Wildman–Crippen LogP) is 3.14. The Balaban J connectivity index is 1.10. The van der Waals surface area contributed by atoms with E-state index in [-0.39, 0.29) is 18.6 Å². The van der Waals surface area contributed by atoms with Gasteiger partial charge in [-0.1, -0.05) is 30.3 Å². The van der Waals surface area contributed by atoms with Crippen LogP contribution in [-0.2, 0) is 17.8 Å². The van der Waals surface area contributed by atoms with Gasteiger partial charge in [-0.15, -0.1) is 0 Å². The Hall–Kier alpha value is -4.04. The van der Waals surface area contributed by atoms with Gasteiger partial charge in [0.25, 0.3) is 5.91 Å². The van der Waals surface area contributed by atoms with E-state index in [4.69, 9.17) is 15.2 Å². The number of carbonyl (C=O) groups is 2. The van der Waals surface area contributed by atoms with Crippen molar-refractivity contribution in [1.29, 1.82) is 0 Å². The van der Waals surface area contributed by atoms with Gasteiger partial charge in [0.05, 0.1) is 17.8 Å². The fourth-order valence-corrected chi connectivity index (χ4v) is 4.32. The quantitative estimate of drug-likeness (QED) is 0.535. The van der Waals surface area contributed by atoms with Crippen molar-refractivity contribution in [3.05, 3.63) is 83.4 Å². The largest absolute Gasteiger partial charge is 0.454 e. The van der Waals surface area contributed by atoms with Crippen LogP contribution in [0.2, 0.25) is 0 Å². The Morgan fingerprint density at radius 3 is 2.34 bits per heavy atom. The normalized spacial score (nSPS) is 15.1. The first-order valence-electron chi connectivity index (χ1n) is 11.7. The SMILES string of the molecule is Nc1ccccc1NC(=O)c1ccc(CC(=O)N2CCN(Cc3ccc4c(c3)OCO4)CC2)cc1. The van der Waals surface area contributed by atoms with Crippen LogP contribution in [0.3, 0.4) is 0 Å². The molecule has 180 valence electrons. The second-order valence-electron chi connectivity index (χ2n) is 8.76. The second kappa shape index (κ2) is 10.1. The summed E-state index contributed by atoms with van der Waals surface area (Å²) in [6.07, 6.45) is 0.315. The lowest BCUT2D eigenvalue weighted by atomic mass is 10.1. The topological polar surface area (TPSA) is 97.1 Å². The molecule has 0 aliphatic carbocycles. The van der Waals surface area contributed by atoms with Gasteiger partial charge in [0, 0.05) is 38.3 Å². The van der Waals surface area contributed by atoms with E-state index in [1.54, 1.807) is 24.3 Å². The van der Waals surface area contributed by atoms with Crippen molar-refractivity contribution < 1.29 is 19.1 Å². The molecule has 0 spiro atoms. The summed E-state index contributed by atoms with van der Waals surface area (Å²) in [7, 11) is 0. The van der Waals surface area contributed by atoms with Gasteiger partial charge in [0.2, 0.25) is 12.7 Å². The van der Waals surface area contributed by atoms with E-state index >= 15 is 0 Å². The zero-order valence-electron chi connectivity index (χ0n) is 19.4. The van der Waals surface area contributed by atoms with Gasteiger partial charge in [0.15, 0.2) is 11.5 Å². The average molecular weight is 473 g/mol. The van der Waals surface area contributed by atoms with Gasteiger partial charge in [-0.05, 0) is 47.5 Å². The summed E-state index contributed by atoms with van der Waals surface area (Å²) in [5.74, 6) is 1.45. The van der Waals surface area contributed by atoms with Crippen LogP contribution in [0.15, 0.2) is 66.7 Å². The maximum atomic E-state index is 12.8. The van der Waals surface area contributed by atoms with Crippen LogP contribution in [0.25, 0.3) is 0 Å². The minimum atomic E-state index is -0.237. The van der Waals surface area contributed by atoms with Gasteiger partial charge in [-0.2, -0.15) is 0 Å². The highest BCUT2D eigenvalue weighted by molar-refractivity contribution is 6.05. The molecule has 2 amide bonds. The maximum Gasteiger partial charge on any atom is 0.255 e. The molecule has 8 heteroatoms. The summed E-state index contributed by atoms with van der Waals surface area (Å²) < 4.78 is 10.8. The van der Waals surface area contributed by atoms with Crippen LogP contribution in [-0.4, -0.2) is 54.6 Å². The summed E-state index contributed by atoms with van der Waals surface area (Å²) >= 11 is 0. The number of hydrogen-bond acceptors (Lipinski definition) is 6. The number of benzene rings is 3. The first kappa shape index (κ1) is 22.7. The zero-order valence-corrected chi connectivity index (χ0v) is 19.4. The number of fused-ring (bicyclic) bond motifs is 1. The van der Waals surface area contributed by atoms with Crippen LogP contribution < -0.4 is 20.5 Å². The van der Waals surface area contributed by atoms with Gasteiger partial charge in [0.1, 0.15) is 0 Å². The number of para-hydroxylation sites is 2. The molecule has 2 aliphatic rings. The van der Waals surface area contributed by atoms with Crippen molar-refractivity contribution in [1.82, 2.24) is 9.80 Å². The minimum Gasteiger partial charge on any atom is -0.454 e. The Kier molecular flexibility index (Phi) is 6.54. The molecule has 2 aliphatic heterocycles. The standard InChI is InChI=1S/C27H28N4O4/c28-22-3-1-2-4-23(22)29-27(33)21-8-5-19(6-9-21)16-26(32)31-13-11-30(12-14-31)17-20-7-10-24-25(15-20)35-18-34-24/h1-10,15H,11-14,16-18,28H2,(H,29,33). The molecule has 0 bridgehead atoms. The fourth-order valence-electron chi connectivity index (χ4n) is 4.32. The van der Waals surface area contributed by atoms with E-state index in [0.717, 1.165) is 36.7 Å². The van der Waals surface area contributed by atoms with Gasteiger partial charge < -0.3 is 25.4 Å². The number of anilines is 2. The van der Waals surface area contributed by atoms with Crippen LogP contribution >= 0.6 is 0 Å². The lowest BCUT2D eigenvalue weighted by Crippen LogP contribution is -2.48. The number of amides is 2. The van der Waals surface area contributed by atoms with E-state index < -0.39 is 0 Å². The first-order chi connectivity index (χ1) is 17.0. The van der Waals surface area contributed by atoms with Gasteiger partial charge in [-0.25, -0.2) is 0 Å². The van der Waals surface area contributed by atoms with Gasteiger partial charge in [-0.3, -0.25) is 14.5 Å². The van der Waals surface area contributed by atoms with E-state index in [1.807, 2.05) is 41.3 Å². The lowest BCUT2D eigenvalue weighted by molar-refractivity contribution is -0.132.